The molecule has 0 amide bonds. The van der Waals surface area contributed by atoms with Crippen molar-refractivity contribution >= 4 is 17.5 Å². The van der Waals surface area contributed by atoms with Crippen molar-refractivity contribution in [2.24, 2.45) is 0 Å². The first-order valence-corrected chi connectivity index (χ1v) is 13.5. The first kappa shape index (κ1) is 33.8. The summed E-state index contributed by atoms with van der Waals surface area (Å²) in [4.78, 5) is 36.3. The van der Waals surface area contributed by atoms with E-state index in [0.717, 1.165) is 51.4 Å². The van der Waals surface area contributed by atoms with Crippen LogP contribution in [0.2, 0.25) is 0 Å². The van der Waals surface area contributed by atoms with Crippen LogP contribution in [0.1, 0.15) is 85.5 Å². The van der Waals surface area contributed by atoms with Crippen LogP contribution in [0.25, 0.3) is 0 Å². The normalized spacial score (nSPS) is 10.8. The molecule has 0 aliphatic heterocycles. The Balaban J connectivity index is 2.12. The molecule has 204 valence electrons. The van der Waals surface area contributed by atoms with Gasteiger partial charge in [-0.3, -0.25) is 9.59 Å². The molecule has 0 aromatic carbocycles. The number of ketones is 2. The Kier molecular flexibility index (Phi) is 17.9. The molecule has 0 saturated carbocycles. The maximum atomic E-state index is 12.5. The van der Waals surface area contributed by atoms with Crippen LogP contribution >= 0.6 is 0 Å². The fourth-order valence-corrected chi connectivity index (χ4v) is 3.64. The number of Topliss-reactive ketones (excluding diaryl/α,β-unsaturated/α-hetero) is 2. The quantitative estimate of drug-likeness (QED) is 0.123. The van der Waals surface area contributed by atoms with E-state index >= 15 is 0 Å². The maximum Gasteiger partial charge on any atom is 0.385 e. The van der Waals surface area contributed by atoms with E-state index in [4.69, 9.17) is 4.74 Å². The molecule has 0 spiro atoms. The van der Waals surface area contributed by atoms with Gasteiger partial charge in [0.25, 0.3) is 0 Å². The summed E-state index contributed by atoms with van der Waals surface area (Å²) in [5.41, 5.74) is 2.46. The summed E-state index contributed by atoms with van der Waals surface area (Å²) in [6, 6.07) is 0. The van der Waals surface area contributed by atoms with Gasteiger partial charge in [-0.05, 0) is 130 Å². The molecule has 4 nitrogen and oxygen atoms in total. The first-order chi connectivity index (χ1) is 19.9. The van der Waals surface area contributed by atoms with Crippen molar-refractivity contribution in [2.75, 3.05) is 6.61 Å². The molecule has 0 saturated heterocycles. The van der Waals surface area contributed by atoms with Crippen molar-refractivity contribution < 1.29 is 19.1 Å². The van der Waals surface area contributed by atoms with E-state index in [1.165, 1.54) is 0 Å². The Labute approximate surface area is 245 Å². The number of carbonyl (C=O) groups is 3. The van der Waals surface area contributed by atoms with Crippen LogP contribution in [0.5, 0.6) is 0 Å². The fourth-order valence-electron chi connectivity index (χ4n) is 3.64. The highest BCUT2D eigenvalue weighted by Gasteiger charge is 2.27. The van der Waals surface area contributed by atoms with E-state index in [-0.39, 0.29) is 11.6 Å². The molecule has 1 aliphatic carbocycles. The number of carbonyl (C=O) groups excluding carboxylic acids is 3. The highest BCUT2D eigenvalue weighted by Crippen LogP contribution is 2.27. The molecule has 4 heteroatoms. The third-order valence-electron chi connectivity index (χ3n) is 5.97. The van der Waals surface area contributed by atoms with Gasteiger partial charge in [0.15, 0.2) is 11.6 Å². The number of allylic oxidation sites excluding steroid dienone is 4. The number of hydrogen-bond donors (Lipinski definition) is 0. The van der Waals surface area contributed by atoms with Gasteiger partial charge in [0, 0.05) is 28.2 Å². The predicted octanol–water partition coefficient (Wildman–Crippen LogP) is 4.89. The van der Waals surface area contributed by atoms with Gasteiger partial charge in [-0.25, -0.2) is 4.79 Å². The number of hydrogen-bond acceptors (Lipinski definition) is 4. The van der Waals surface area contributed by atoms with Gasteiger partial charge < -0.3 is 4.74 Å². The van der Waals surface area contributed by atoms with Crippen molar-refractivity contribution in [1.82, 2.24) is 0 Å². The molecule has 0 heterocycles. The summed E-state index contributed by atoms with van der Waals surface area (Å²) in [5.74, 6) is 39.3. The third-order valence-corrected chi connectivity index (χ3v) is 5.97. The topological polar surface area (TPSA) is 60.4 Å². The summed E-state index contributed by atoms with van der Waals surface area (Å²) in [6.07, 6.45) is 8.78. The van der Waals surface area contributed by atoms with Crippen LogP contribution in [-0.4, -0.2) is 24.1 Å². The van der Waals surface area contributed by atoms with Crippen molar-refractivity contribution in [3.8, 4) is 94.7 Å². The molecule has 1 rings (SSSR count). The lowest BCUT2D eigenvalue weighted by atomic mass is 9.84. The SMILES string of the molecule is CC#CC#CC#CC#CC#CC#CC#CC#CC(=O)OCCCCCCCCCCC1=C(C)C(=O)C(C)=C(C)C1=O. The minimum Gasteiger partial charge on any atom is -0.456 e. The highest BCUT2D eigenvalue weighted by molar-refractivity contribution is 6.24. The molecule has 0 radical (unpaired) electrons. The van der Waals surface area contributed by atoms with Crippen LogP contribution < -0.4 is 0 Å². The van der Waals surface area contributed by atoms with Crippen LogP contribution in [-0.2, 0) is 19.1 Å². The Morgan fingerprint density at radius 2 is 0.951 bits per heavy atom. The highest BCUT2D eigenvalue weighted by atomic mass is 16.5. The number of rotatable bonds is 11. The number of unbranched alkanes of at least 4 members (excludes halogenated alkanes) is 7. The van der Waals surface area contributed by atoms with Crippen LogP contribution in [0.4, 0.5) is 0 Å². The van der Waals surface area contributed by atoms with Crippen molar-refractivity contribution in [3.05, 3.63) is 22.3 Å². The van der Waals surface area contributed by atoms with E-state index in [0.29, 0.717) is 35.3 Å². The predicted molar refractivity (Wildman–Crippen MR) is 161 cm³/mol. The lowest BCUT2D eigenvalue weighted by Gasteiger charge is -2.18. The van der Waals surface area contributed by atoms with Gasteiger partial charge in [-0.15, -0.1) is 0 Å². The van der Waals surface area contributed by atoms with Gasteiger partial charge in [-0.2, -0.15) is 0 Å². The Morgan fingerprint density at radius 3 is 1.46 bits per heavy atom. The lowest BCUT2D eigenvalue weighted by molar-refractivity contribution is -0.136. The minimum absolute atomic E-state index is 0.00225. The monoisotopic (exact) mass is 540 g/mol. The summed E-state index contributed by atoms with van der Waals surface area (Å²) in [5, 5.41) is 0. The molecule has 41 heavy (non-hydrogen) atoms. The average Bonchev–Trinajstić information content (AvgIpc) is 2.97. The van der Waals surface area contributed by atoms with Crippen molar-refractivity contribution in [1.29, 1.82) is 0 Å². The fraction of sp³-hybridized carbons (Fsp3) is 0.378. The van der Waals surface area contributed by atoms with E-state index in [1.807, 2.05) is 0 Å². The maximum absolute atomic E-state index is 12.5. The van der Waals surface area contributed by atoms with Crippen molar-refractivity contribution in [3.63, 3.8) is 0 Å². The largest absolute Gasteiger partial charge is 0.456 e. The first-order valence-electron chi connectivity index (χ1n) is 13.5. The molecular formula is C37H32O4. The smallest absolute Gasteiger partial charge is 0.385 e. The summed E-state index contributed by atoms with van der Waals surface area (Å²) in [7, 11) is 0. The second-order valence-corrected chi connectivity index (χ2v) is 8.85. The van der Waals surface area contributed by atoms with Gasteiger partial charge >= 0.3 is 5.97 Å². The summed E-state index contributed by atoms with van der Waals surface area (Å²) < 4.78 is 5.08. The number of ether oxygens (including phenoxy) is 1. The van der Waals surface area contributed by atoms with E-state index in [9.17, 15) is 14.4 Å². The zero-order chi connectivity index (χ0) is 30.1. The van der Waals surface area contributed by atoms with E-state index < -0.39 is 5.97 Å². The van der Waals surface area contributed by atoms with Crippen molar-refractivity contribution in [2.45, 2.75) is 85.5 Å². The van der Waals surface area contributed by atoms with Gasteiger partial charge in [0.05, 0.1) is 6.61 Å². The average molecular weight is 541 g/mol. The summed E-state index contributed by atoms with van der Waals surface area (Å²) in [6.45, 7) is 7.25. The summed E-state index contributed by atoms with van der Waals surface area (Å²) >= 11 is 0. The molecular weight excluding hydrogens is 508 g/mol. The van der Waals surface area contributed by atoms with Crippen LogP contribution in [0, 0.1) is 94.7 Å². The van der Waals surface area contributed by atoms with Crippen LogP contribution in [0.15, 0.2) is 22.3 Å². The molecule has 1 aliphatic rings. The van der Waals surface area contributed by atoms with Gasteiger partial charge in [0.2, 0.25) is 0 Å². The Morgan fingerprint density at radius 1 is 0.537 bits per heavy atom. The second-order valence-electron chi connectivity index (χ2n) is 8.85. The van der Waals surface area contributed by atoms with Gasteiger partial charge in [0.1, 0.15) is 0 Å². The molecule has 0 atom stereocenters. The standard InChI is InChI=1S/C37H32O4/c1-5-6-7-8-9-10-11-12-13-14-15-16-20-23-26-29-35(38)41-30-27-24-21-18-17-19-22-25-28-34-33(4)36(39)31(2)32(3)37(34)40/h17-19,21-22,24-25,27-28,30H2,1-4H3. The second kappa shape index (κ2) is 21.7. The molecule has 0 aromatic heterocycles. The third kappa shape index (κ3) is 15.1. The number of esters is 1. The lowest BCUT2D eigenvalue weighted by Crippen LogP contribution is -2.20. The van der Waals surface area contributed by atoms with Crippen LogP contribution in [0.3, 0.4) is 0 Å². The molecule has 0 fully saturated rings. The van der Waals surface area contributed by atoms with E-state index in [2.05, 4.69) is 94.7 Å². The zero-order valence-electron chi connectivity index (χ0n) is 24.2. The minimum atomic E-state index is -0.612. The Hall–Kier alpha value is -5.23. The molecule has 0 aromatic rings. The molecule has 0 N–H and O–H groups in total. The zero-order valence-corrected chi connectivity index (χ0v) is 24.2. The molecule has 0 unspecified atom stereocenters. The van der Waals surface area contributed by atoms with Gasteiger partial charge in [-0.1, -0.05) is 44.4 Å². The Bertz CT molecular complexity index is 1580. The van der Waals surface area contributed by atoms with E-state index in [1.54, 1.807) is 27.7 Å². The molecule has 0 bridgehead atoms.